The summed E-state index contributed by atoms with van der Waals surface area (Å²) in [4.78, 5) is 35.2. The SMILES string of the molecule is CC/C=C\C/C=C\CC(O)/C=C/C=C\C/C=C\CCCC(=O)O[C@H](COC(=O)CCCCCCCCCCCCCC)COP(=O)(O)OCC[N+](C)(C)C. The first-order valence-electron chi connectivity index (χ1n) is 20.6. The van der Waals surface area contributed by atoms with E-state index in [1.807, 2.05) is 57.6 Å². The highest BCUT2D eigenvalue weighted by molar-refractivity contribution is 7.47. The van der Waals surface area contributed by atoms with Gasteiger partial charge in [0.1, 0.15) is 19.8 Å². The predicted molar refractivity (Wildman–Crippen MR) is 221 cm³/mol. The second-order valence-electron chi connectivity index (χ2n) is 14.8. The lowest BCUT2D eigenvalue weighted by molar-refractivity contribution is -0.870. The number of unbranched alkanes of at least 4 members (excludes halogenated alkanes) is 12. The van der Waals surface area contributed by atoms with E-state index in [9.17, 15) is 24.2 Å². The molecule has 0 bridgehead atoms. The molecule has 0 aliphatic rings. The summed E-state index contributed by atoms with van der Waals surface area (Å²) in [5, 5.41) is 10.0. The standard InChI is InChI=1S/C43H76NO9P/c1-6-8-10-12-14-15-16-17-18-22-26-30-34-42(46)50-38-41(39-52-54(48,49)51-37-36-44(3,4)5)53-43(47)35-31-27-23-20-19-21-25-29-33-40(45)32-28-24-13-11-9-7-2/h9,11,20-21,23-25,28-29,33,40-41,45H,6-8,10,12-19,22,26-27,30-32,34-39H2,1-5H3/p+1/b11-9-,23-20-,25-21-,28-24-,33-29+/t40?,41-/m1/s1. The van der Waals surface area contributed by atoms with Crippen LogP contribution in [0.15, 0.2) is 60.8 Å². The van der Waals surface area contributed by atoms with Crippen molar-refractivity contribution in [3.05, 3.63) is 60.8 Å². The van der Waals surface area contributed by atoms with Crippen LogP contribution in [0.4, 0.5) is 0 Å². The van der Waals surface area contributed by atoms with Gasteiger partial charge in [-0.15, -0.1) is 0 Å². The Hall–Kier alpha value is -2.33. The summed E-state index contributed by atoms with van der Waals surface area (Å²) in [5.41, 5.74) is 0. The number of aliphatic hydroxyl groups is 1. The Kier molecular flexibility index (Phi) is 33.6. The van der Waals surface area contributed by atoms with Gasteiger partial charge in [0.25, 0.3) is 0 Å². The number of allylic oxidation sites excluding steroid dienone is 8. The average Bonchev–Trinajstić information content (AvgIpc) is 3.11. The summed E-state index contributed by atoms with van der Waals surface area (Å²) < 4.78 is 34.1. The van der Waals surface area contributed by atoms with Crippen molar-refractivity contribution in [2.75, 3.05) is 47.5 Å². The summed E-state index contributed by atoms with van der Waals surface area (Å²) in [6.07, 6.45) is 37.3. The van der Waals surface area contributed by atoms with E-state index in [2.05, 4.69) is 32.1 Å². The quantitative estimate of drug-likeness (QED) is 0.0159. The van der Waals surface area contributed by atoms with Crippen LogP contribution in [0.2, 0.25) is 0 Å². The van der Waals surface area contributed by atoms with Crippen molar-refractivity contribution in [1.29, 1.82) is 0 Å². The van der Waals surface area contributed by atoms with Crippen LogP contribution in [0.25, 0.3) is 0 Å². The van der Waals surface area contributed by atoms with Gasteiger partial charge in [-0.25, -0.2) is 4.57 Å². The molecule has 54 heavy (non-hydrogen) atoms. The van der Waals surface area contributed by atoms with Gasteiger partial charge in [-0.2, -0.15) is 0 Å². The maximum atomic E-state index is 12.6. The smallest absolute Gasteiger partial charge is 0.462 e. The van der Waals surface area contributed by atoms with Crippen molar-refractivity contribution in [1.82, 2.24) is 0 Å². The van der Waals surface area contributed by atoms with E-state index in [0.29, 0.717) is 30.3 Å². The molecule has 0 heterocycles. The molecule has 0 aromatic heterocycles. The number of likely N-dealkylation sites (N-methyl/N-ethyl adjacent to an activating group) is 1. The van der Waals surface area contributed by atoms with E-state index < -0.39 is 38.6 Å². The second kappa shape index (κ2) is 35.1. The molecule has 0 fully saturated rings. The third-order valence-electron chi connectivity index (χ3n) is 8.39. The summed E-state index contributed by atoms with van der Waals surface area (Å²) in [6, 6.07) is 0. The Morgan fingerprint density at radius 2 is 1.28 bits per heavy atom. The lowest BCUT2D eigenvalue weighted by Crippen LogP contribution is -2.37. The topological polar surface area (TPSA) is 129 Å². The summed E-state index contributed by atoms with van der Waals surface area (Å²) in [6.45, 7) is 4.12. The number of rotatable bonds is 36. The zero-order chi connectivity index (χ0) is 40.2. The van der Waals surface area contributed by atoms with Gasteiger partial charge in [0, 0.05) is 12.8 Å². The maximum Gasteiger partial charge on any atom is 0.472 e. The van der Waals surface area contributed by atoms with Crippen LogP contribution < -0.4 is 0 Å². The van der Waals surface area contributed by atoms with Crippen molar-refractivity contribution in [2.45, 2.75) is 154 Å². The Morgan fingerprint density at radius 3 is 1.93 bits per heavy atom. The lowest BCUT2D eigenvalue weighted by atomic mass is 10.0. The number of ether oxygens (including phenoxy) is 2. The summed E-state index contributed by atoms with van der Waals surface area (Å²) in [5.74, 6) is -0.910. The molecule has 2 unspecified atom stereocenters. The van der Waals surface area contributed by atoms with Gasteiger partial charge in [-0.3, -0.25) is 18.6 Å². The Morgan fingerprint density at radius 1 is 0.685 bits per heavy atom. The van der Waals surface area contributed by atoms with Crippen molar-refractivity contribution in [3.8, 4) is 0 Å². The molecule has 0 radical (unpaired) electrons. The minimum Gasteiger partial charge on any atom is -0.462 e. The van der Waals surface area contributed by atoms with Crippen LogP contribution in [-0.4, -0.2) is 86.1 Å². The predicted octanol–water partition coefficient (Wildman–Crippen LogP) is 10.3. The molecule has 10 nitrogen and oxygen atoms in total. The molecule has 0 saturated heterocycles. The number of phosphoric acid groups is 1. The number of quaternary nitrogens is 1. The van der Waals surface area contributed by atoms with E-state index in [4.69, 9.17) is 18.5 Å². The fourth-order valence-electron chi connectivity index (χ4n) is 5.13. The molecule has 0 saturated carbocycles. The minimum atomic E-state index is -4.40. The van der Waals surface area contributed by atoms with Crippen LogP contribution in [0, 0.1) is 0 Å². The van der Waals surface area contributed by atoms with E-state index in [1.54, 1.807) is 6.08 Å². The fourth-order valence-corrected chi connectivity index (χ4v) is 5.87. The number of aliphatic hydroxyl groups excluding tert-OH is 1. The molecule has 0 aromatic carbocycles. The third-order valence-corrected chi connectivity index (χ3v) is 9.38. The van der Waals surface area contributed by atoms with Crippen LogP contribution >= 0.6 is 7.82 Å². The second-order valence-corrected chi connectivity index (χ2v) is 16.3. The number of hydrogen-bond donors (Lipinski definition) is 2. The normalized spacial score (nSPS) is 14.9. The van der Waals surface area contributed by atoms with Crippen molar-refractivity contribution >= 4 is 19.8 Å². The molecule has 312 valence electrons. The molecular weight excluding hydrogens is 705 g/mol. The molecule has 11 heteroatoms. The number of esters is 2. The van der Waals surface area contributed by atoms with Gasteiger partial charge in [0.15, 0.2) is 6.10 Å². The molecule has 0 amide bonds. The van der Waals surface area contributed by atoms with Gasteiger partial charge in [0.2, 0.25) is 0 Å². The van der Waals surface area contributed by atoms with E-state index in [1.165, 1.54) is 57.8 Å². The van der Waals surface area contributed by atoms with Crippen molar-refractivity contribution in [2.24, 2.45) is 0 Å². The van der Waals surface area contributed by atoms with Gasteiger partial charge < -0.3 is 24.0 Å². The van der Waals surface area contributed by atoms with Crippen molar-refractivity contribution in [3.63, 3.8) is 0 Å². The number of phosphoric ester groups is 1. The Labute approximate surface area is 329 Å². The summed E-state index contributed by atoms with van der Waals surface area (Å²) >= 11 is 0. The Bertz CT molecular complexity index is 1130. The lowest BCUT2D eigenvalue weighted by Gasteiger charge is -2.24. The number of nitrogens with zero attached hydrogens (tertiary/aromatic N) is 1. The first kappa shape index (κ1) is 51.7. The fraction of sp³-hybridized carbons (Fsp3) is 0.721. The Balaban J connectivity index is 4.58. The van der Waals surface area contributed by atoms with E-state index in [0.717, 1.165) is 38.5 Å². The monoisotopic (exact) mass is 783 g/mol. The highest BCUT2D eigenvalue weighted by atomic mass is 31.2. The first-order valence-corrected chi connectivity index (χ1v) is 22.1. The largest absolute Gasteiger partial charge is 0.472 e. The highest BCUT2D eigenvalue weighted by Crippen LogP contribution is 2.43. The molecule has 0 rings (SSSR count). The molecule has 2 N–H and O–H groups in total. The van der Waals surface area contributed by atoms with Crippen LogP contribution in [-0.2, 0) is 32.7 Å². The van der Waals surface area contributed by atoms with Gasteiger partial charge in [-0.1, -0.05) is 145 Å². The molecule has 0 spiro atoms. The zero-order valence-corrected chi connectivity index (χ0v) is 35.4. The highest BCUT2D eigenvalue weighted by Gasteiger charge is 2.27. The number of carbonyl (C=O) groups is 2. The van der Waals surface area contributed by atoms with Gasteiger partial charge >= 0.3 is 19.8 Å². The molecule has 0 aliphatic heterocycles. The van der Waals surface area contributed by atoms with E-state index in [-0.39, 0.29) is 26.1 Å². The molecule has 3 atom stereocenters. The zero-order valence-electron chi connectivity index (χ0n) is 34.5. The molecule has 0 aromatic rings. The van der Waals surface area contributed by atoms with Crippen molar-refractivity contribution < 1.29 is 47.2 Å². The minimum absolute atomic E-state index is 0.00828. The van der Waals surface area contributed by atoms with Gasteiger partial charge in [-0.05, 0) is 44.9 Å². The van der Waals surface area contributed by atoms with E-state index >= 15 is 0 Å². The molecule has 0 aliphatic carbocycles. The first-order chi connectivity index (χ1) is 25.9. The summed E-state index contributed by atoms with van der Waals surface area (Å²) in [7, 11) is 1.39. The van der Waals surface area contributed by atoms with Crippen LogP contribution in [0.1, 0.15) is 142 Å². The average molecular weight is 783 g/mol. The number of carbonyl (C=O) groups excluding carboxylic acids is 2. The molecular formula is C43H77NO9P+. The number of hydrogen-bond acceptors (Lipinski definition) is 8. The van der Waals surface area contributed by atoms with Crippen LogP contribution in [0.3, 0.4) is 0 Å². The maximum absolute atomic E-state index is 12.6. The third kappa shape index (κ3) is 38.0. The van der Waals surface area contributed by atoms with Gasteiger partial charge in [0.05, 0.1) is 33.9 Å². The van der Waals surface area contributed by atoms with Crippen LogP contribution in [0.5, 0.6) is 0 Å².